The Morgan fingerprint density at radius 1 is 1.00 bits per heavy atom. The molecule has 36 heavy (non-hydrogen) atoms. The lowest BCUT2D eigenvalue weighted by molar-refractivity contribution is -0.143. The van der Waals surface area contributed by atoms with E-state index in [0.717, 1.165) is 11.1 Å². The zero-order valence-corrected chi connectivity index (χ0v) is 22.5. The van der Waals surface area contributed by atoms with Crippen LogP contribution in [0.3, 0.4) is 0 Å². The van der Waals surface area contributed by atoms with Gasteiger partial charge in [0.2, 0.25) is 5.91 Å². The number of hydrogen-bond donors (Lipinski definition) is 3. The number of nitrogens with zero attached hydrogens (tertiary/aromatic N) is 1. The number of carbonyl (C=O) groups excluding carboxylic acids is 3. The average molecular weight is 498 g/mol. The van der Waals surface area contributed by atoms with Gasteiger partial charge in [0, 0.05) is 11.7 Å². The number of amides is 3. The van der Waals surface area contributed by atoms with Gasteiger partial charge in [-0.05, 0) is 83.7 Å². The quantitative estimate of drug-likeness (QED) is 0.463. The normalized spacial score (nSPS) is 13.8. The average Bonchev–Trinajstić information content (AvgIpc) is 2.78. The Morgan fingerprint density at radius 3 is 2.06 bits per heavy atom. The minimum absolute atomic E-state index is 0.0500. The van der Waals surface area contributed by atoms with E-state index in [1.165, 1.54) is 17.0 Å². The Kier molecular flexibility index (Phi) is 9.50. The van der Waals surface area contributed by atoms with Gasteiger partial charge in [-0.25, -0.2) is 4.79 Å². The number of phenolic OH excluding ortho intramolecular Hbond substituents is 1. The summed E-state index contributed by atoms with van der Waals surface area (Å²) in [5, 5.41) is 15.4. The molecule has 0 aliphatic carbocycles. The molecule has 3 amide bonds. The first kappa shape index (κ1) is 28.7. The Hall–Kier alpha value is -3.55. The summed E-state index contributed by atoms with van der Waals surface area (Å²) in [6.07, 6.45) is -0.135. The fourth-order valence-corrected chi connectivity index (χ4v) is 3.86. The van der Waals surface area contributed by atoms with E-state index in [1.54, 1.807) is 39.8 Å². The highest BCUT2D eigenvalue weighted by Crippen LogP contribution is 2.30. The molecule has 2 aromatic carbocycles. The van der Waals surface area contributed by atoms with E-state index in [2.05, 4.69) is 10.6 Å². The molecule has 0 saturated heterocycles. The molecule has 0 saturated carbocycles. The van der Waals surface area contributed by atoms with Gasteiger partial charge in [0.1, 0.15) is 23.4 Å². The summed E-state index contributed by atoms with van der Waals surface area (Å²) in [5.41, 5.74) is 2.30. The van der Waals surface area contributed by atoms with Crippen LogP contribution in [0.2, 0.25) is 0 Å². The number of carbonyl (C=O) groups is 3. The van der Waals surface area contributed by atoms with Crippen LogP contribution in [0.5, 0.6) is 5.75 Å². The predicted molar refractivity (Wildman–Crippen MR) is 141 cm³/mol. The molecule has 3 unspecified atom stereocenters. The van der Waals surface area contributed by atoms with E-state index in [0.29, 0.717) is 17.7 Å². The number of benzene rings is 2. The van der Waals surface area contributed by atoms with Crippen LogP contribution in [-0.2, 0) is 14.3 Å². The van der Waals surface area contributed by atoms with E-state index in [9.17, 15) is 19.5 Å². The van der Waals surface area contributed by atoms with E-state index in [-0.39, 0.29) is 11.8 Å². The van der Waals surface area contributed by atoms with E-state index in [4.69, 9.17) is 4.74 Å². The van der Waals surface area contributed by atoms with Crippen LogP contribution in [0, 0.1) is 13.8 Å². The molecule has 196 valence electrons. The highest BCUT2D eigenvalue weighted by molar-refractivity contribution is 6.00. The van der Waals surface area contributed by atoms with Crippen LogP contribution in [0.25, 0.3) is 0 Å². The van der Waals surface area contributed by atoms with Crippen LogP contribution < -0.4 is 10.6 Å². The van der Waals surface area contributed by atoms with Gasteiger partial charge in [-0.15, -0.1) is 0 Å². The second-order valence-corrected chi connectivity index (χ2v) is 10.1. The second-order valence-electron chi connectivity index (χ2n) is 10.1. The standard InChI is InChI=1S/C28H39N3O5/c1-9-19(4)31(26(34)20(5)29-27(35)36-28(6,7)8)24(21-13-15-22(32)16-14-21)25(33)30-23-17(2)11-10-12-18(23)3/h10-16,19-20,24,32H,9H2,1-8H3,(H,29,35)(H,30,33). The summed E-state index contributed by atoms with van der Waals surface area (Å²) in [5.74, 6) is -0.768. The maximum absolute atomic E-state index is 13.8. The molecule has 0 spiro atoms. The molecule has 0 bridgehead atoms. The summed E-state index contributed by atoms with van der Waals surface area (Å²) >= 11 is 0. The summed E-state index contributed by atoms with van der Waals surface area (Å²) < 4.78 is 5.31. The van der Waals surface area contributed by atoms with Crippen LogP contribution in [0.1, 0.15) is 70.7 Å². The van der Waals surface area contributed by atoms with E-state index in [1.807, 2.05) is 45.9 Å². The van der Waals surface area contributed by atoms with Crippen molar-refractivity contribution in [2.75, 3.05) is 5.32 Å². The number of aryl methyl sites for hydroxylation is 2. The summed E-state index contributed by atoms with van der Waals surface area (Å²) in [4.78, 5) is 41.4. The van der Waals surface area contributed by atoms with Gasteiger partial charge < -0.3 is 25.4 Å². The number of aromatic hydroxyl groups is 1. The molecule has 0 aliphatic heterocycles. The van der Waals surface area contributed by atoms with Crippen molar-refractivity contribution in [2.24, 2.45) is 0 Å². The third-order valence-corrected chi connectivity index (χ3v) is 5.89. The van der Waals surface area contributed by atoms with Crippen molar-refractivity contribution < 1.29 is 24.2 Å². The molecule has 2 rings (SSSR count). The molecule has 2 aromatic rings. The molecule has 0 fully saturated rings. The summed E-state index contributed by atoms with van der Waals surface area (Å²) in [7, 11) is 0. The van der Waals surface area contributed by atoms with Crippen molar-refractivity contribution in [3.05, 3.63) is 59.2 Å². The van der Waals surface area contributed by atoms with Crippen molar-refractivity contribution in [1.82, 2.24) is 10.2 Å². The molecule has 8 heteroatoms. The fourth-order valence-electron chi connectivity index (χ4n) is 3.86. The minimum atomic E-state index is -1.00. The maximum Gasteiger partial charge on any atom is 0.408 e. The molecule has 0 radical (unpaired) electrons. The summed E-state index contributed by atoms with van der Waals surface area (Å²) in [6.45, 7) is 14.4. The zero-order chi connectivity index (χ0) is 27.2. The van der Waals surface area contributed by atoms with Gasteiger partial charge >= 0.3 is 6.09 Å². The van der Waals surface area contributed by atoms with Crippen molar-refractivity contribution in [2.45, 2.75) is 85.5 Å². The Bertz CT molecular complexity index is 1060. The van der Waals surface area contributed by atoms with Crippen molar-refractivity contribution >= 4 is 23.6 Å². The highest BCUT2D eigenvalue weighted by Gasteiger charge is 2.37. The van der Waals surface area contributed by atoms with Crippen LogP contribution in [0.15, 0.2) is 42.5 Å². The van der Waals surface area contributed by atoms with Gasteiger partial charge in [-0.3, -0.25) is 9.59 Å². The first-order valence-corrected chi connectivity index (χ1v) is 12.2. The molecule has 0 heterocycles. The highest BCUT2D eigenvalue weighted by atomic mass is 16.6. The summed E-state index contributed by atoms with van der Waals surface area (Å²) in [6, 6.07) is 9.66. The van der Waals surface area contributed by atoms with Gasteiger partial charge in [0.25, 0.3) is 5.91 Å². The number of anilines is 1. The zero-order valence-electron chi connectivity index (χ0n) is 22.5. The number of para-hydroxylation sites is 1. The monoisotopic (exact) mass is 497 g/mol. The Labute approximate surface area is 214 Å². The number of phenols is 1. The number of ether oxygens (including phenoxy) is 1. The molecule has 3 atom stereocenters. The maximum atomic E-state index is 13.8. The first-order chi connectivity index (χ1) is 16.7. The lowest BCUT2D eigenvalue weighted by atomic mass is 9.99. The van der Waals surface area contributed by atoms with Crippen LogP contribution >= 0.6 is 0 Å². The SMILES string of the molecule is CCC(C)N(C(=O)C(C)NC(=O)OC(C)(C)C)C(C(=O)Nc1c(C)cccc1C)c1ccc(O)cc1. The largest absolute Gasteiger partial charge is 0.508 e. The third-order valence-electron chi connectivity index (χ3n) is 5.89. The van der Waals surface area contributed by atoms with Crippen molar-refractivity contribution in [1.29, 1.82) is 0 Å². The Morgan fingerprint density at radius 2 is 1.56 bits per heavy atom. The van der Waals surface area contributed by atoms with Gasteiger partial charge in [-0.1, -0.05) is 37.3 Å². The molecular formula is C28H39N3O5. The lowest BCUT2D eigenvalue weighted by Gasteiger charge is -2.37. The van der Waals surface area contributed by atoms with Gasteiger partial charge in [-0.2, -0.15) is 0 Å². The topological polar surface area (TPSA) is 108 Å². The third kappa shape index (κ3) is 7.47. The van der Waals surface area contributed by atoms with Gasteiger partial charge in [0.05, 0.1) is 0 Å². The van der Waals surface area contributed by atoms with Crippen LogP contribution in [0.4, 0.5) is 10.5 Å². The molecule has 0 aromatic heterocycles. The van der Waals surface area contributed by atoms with Gasteiger partial charge in [0.15, 0.2) is 0 Å². The number of hydrogen-bond acceptors (Lipinski definition) is 5. The van der Waals surface area contributed by atoms with E-state index < -0.39 is 35.6 Å². The molecule has 0 aliphatic rings. The number of rotatable bonds is 8. The predicted octanol–water partition coefficient (Wildman–Crippen LogP) is 5.23. The number of alkyl carbamates (subject to hydrolysis) is 1. The molecular weight excluding hydrogens is 458 g/mol. The molecule has 8 nitrogen and oxygen atoms in total. The smallest absolute Gasteiger partial charge is 0.408 e. The Balaban J connectivity index is 2.49. The molecule has 3 N–H and O–H groups in total. The number of nitrogens with one attached hydrogen (secondary N) is 2. The fraction of sp³-hybridized carbons (Fsp3) is 0.464. The second kappa shape index (κ2) is 11.9. The van der Waals surface area contributed by atoms with Crippen molar-refractivity contribution in [3.63, 3.8) is 0 Å². The minimum Gasteiger partial charge on any atom is -0.508 e. The first-order valence-electron chi connectivity index (χ1n) is 12.2. The van der Waals surface area contributed by atoms with E-state index >= 15 is 0 Å². The van der Waals surface area contributed by atoms with Crippen LogP contribution in [-0.4, -0.2) is 45.6 Å². The lowest BCUT2D eigenvalue weighted by Crippen LogP contribution is -2.53. The van der Waals surface area contributed by atoms with Crippen molar-refractivity contribution in [3.8, 4) is 5.75 Å².